The van der Waals surface area contributed by atoms with E-state index in [0.717, 1.165) is 10.7 Å². The fourth-order valence-corrected chi connectivity index (χ4v) is 2.28. The van der Waals surface area contributed by atoms with Gasteiger partial charge in [-0.15, -0.1) is 11.3 Å². The van der Waals surface area contributed by atoms with Gasteiger partial charge in [0.15, 0.2) is 0 Å². The Morgan fingerprint density at radius 2 is 2.24 bits per heavy atom. The molecule has 0 spiro atoms. The van der Waals surface area contributed by atoms with Crippen molar-refractivity contribution in [3.8, 4) is 0 Å². The first kappa shape index (κ1) is 13.9. The molecule has 0 saturated carbocycles. The van der Waals surface area contributed by atoms with Crippen molar-refractivity contribution in [2.75, 3.05) is 19.7 Å². The molecule has 1 rings (SSSR count). The minimum atomic E-state index is -0.160. The van der Waals surface area contributed by atoms with E-state index >= 15 is 0 Å². The normalized spacial score (nSPS) is 10.4. The highest BCUT2D eigenvalue weighted by Gasteiger charge is 2.11. The summed E-state index contributed by atoms with van der Waals surface area (Å²) < 4.78 is 0. The predicted molar refractivity (Wildman–Crippen MR) is 68.2 cm³/mol. The van der Waals surface area contributed by atoms with Crippen molar-refractivity contribution < 1.29 is 9.90 Å². The van der Waals surface area contributed by atoms with Crippen LogP contribution in [0.2, 0.25) is 0 Å². The minimum Gasteiger partial charge on any atom is -0.395 e. The van der Waals surface area contributed by atoms with Crippen LogP contribution in [0.25, 0.3) is 0 Å². The van der Waals surface area contributed by atoms with Crippen LogP contribution in [-0.4, -0.2) is 40.7 Å². The molecule has 0 radical (unpaired) electrons. The molecule has 0 saturated heterocycles. The molecule has 17 heavy (non-hydrogen) atoms. The van der Waals surface area contributed by atoms with Gasteiger partial charge in [-0.05, 0) is 20.8 Å². The molecular formula is C11H19N3O2S. The number of nitrogens with one attached hydrogen (secondary N) is 1. The number of aromatic nitrogens is 1. The van der Waals surface area contributed by atoms with Gasteiger partial charge in [-0.25, -0.2) is 9.78 Å². The van der Waals surface area contributed by atoms with Crippen LogP contribution in [0.15, 0.2) is 0 Å². The molecule has 0 fully saturated rings. The van der Waals surface area contributed by atoms with Crippen molar-refractivity contribution in [2.45, 2.75) is 27.3 Å². The monoisotopic (exact) mass is 257 g/mol. The van der Waals surface area contributed by atoms with Crippen molar-refractivity contribution in [1.82, 2.24) is 15.2 Å². The molecule has 0 bridgehead atoms. The van der Waals surface area contributed by atoms with E-state index in [0.29, 0.717) is 19.6 Å². The lowest BCUT2D eigenvalue weighted by Crippen LogP contribution is -2.41. The summed E-state index contributed by atoms with van der Waals surface area (Å²) in [5, 5.41) is 12.5. The lowest BCUT2D eigenvalue weighted by molar-refractivity contribution is 0.180. The summed E-state index contributed by atoms with van der Waals surface area (Å²) in [5.41, 5.74) is 1.02. The molecule has 2 amide bonds. The van der Waals surface area contributed by atoms with Gasteiger partial charge in [0.05, 0.1) is 18.8 Å². The highest BCUT2D eigenvalue weighted by atomic mass is 32.1. The second kappa shape index (κ2) is 6.56. The molecule has 1 aromatic heterocycles. The first-order chi connectivity index (χ1) is 8.08. The summed E-state index contributed by atoms with van der Waals surface area (Å²) in [5.74, 6) is 0. The zero-order valence-electron chi connectivity index (χ0n) is 10.5. The van der Waals surface area contributed by atoms with Crippen LogP contribution < -0.4 is 5.32 Å². The highest BCUT2D eigenvalue weighted by Crippen LogP contribution is 2.15. The zero-order chi connectivity index (χ0) is 12.8. The molecule has 5 nitrogen and oxygen atoms in total. The van der Waals surface area contributed by atoms with Gasteiger partial charge in [-0.2, -0.15) is 0 Å². The third kappa shape index (κ3) is 3.98. The van der Waals surface area contributed by atoms with Crippen molar-refractivity contribution in [3.05, 3.63) is 15.6 Å². The maximum Gasteiger partial charge on any atom is 0.317 e. The van der Waals surface area contributed by atoms with E-state index in [9.17, 15) is 4.79 Å². The maximum absolute atomic E-state index is 11.7. The Morgan fingerprint density at radius 3 is 2.71 bits per heavy atom. The lowest BCUT2D eigenvalue weighted by atomic mass is 10.4. The standard InChI is InChI=1S/C11H19N3O2S/c1-4-14(5-6-15)11(16)12-7-10-13-8(2)9(3)17-10/h15H,4-7H2,1-3H3,(H,12,16). The minimum absolute atomic E-state index is 0.0171. The van der Waals surface area contributed by atoms with Crippen molar-refractivity contribution >= 4 is 17.4 Å². The largest absolute Gasteiger partial charge is 0.395 e. The highest BCUT2D eigenvalue weighted by molar-refractivity contribution is 7.11. The van der Waals surface area contributed by atoms with Crippen LogP contribution in [0, 0.1) is 13.8 Å². The number of carbonyl (C=O) groups is 1. The fraction of sp³-hybridized carbons (Fsp3) is 0.636. The Labute approximate surface area is 105 Å². The molecule has 0 atom stereocenters. The van der Waals surface area contributed by atoms with E-state index < -0.39 is 0 Å². The average molecular weight is 257 g/mol. The molecular weight excluding hydrogens is 238 g/mol. The van der Waals surface area contributed by atoms with Gasteiger partial charge >= 0.3 is 6.03 Å². The fourth-order valence-electron chi connectivity index (χ4n) is 1.40. The summed E-state index contributed by atoms with van der Waals surface area (Å²) in [6.07, 6.45) is 0. The van der Waals surface area contributed by atoms with E-state index in [-0.39, 0.29) is 12.6 Å². The number of nitrogens with zero attached hydrogens (tertiary/aromatic N) is 2. The van der Waals surface area contributed by atoms with E-state index in [4.69, 9.17) is 5.11 Å². The number of amides is 2. The number of hydrogen-bond donors (Lipinski definition) is 2. The number of hydrogen-bond acceptors (Lipinski definition) is 4. The van der Waals surface area contributed by atoms with Crippen LogP contribution in [0.3, 0.4) is 0 Å². The molecule has 0 aliphatic carbocycles. The van der Waals surface area contributed by atoms with Crippen molar-refractivity contribution in [3.63, 3.8) is 0 Å². The third-order valence-corrected chi connectivity index (χ3v) is 3.58. The molecule has 0 aromatic carbocycles. The van der Waals surface area contributed by atoms with E-state index in [1.165, 1.54) is 4.88 Å². The van der Waals surface area contributed by atoms with E-state index in [2.05, 4.69) is 10.3 Å². The number of likely N-dealkylation sites (N-methyl/N-ethyl adjacent to an activating group) is 1. The van der Waals surface area contributed by atoms with E-state index in [1.807, 2.05) is 20.8 Å². The number of rotatable bonds is 5. The quantitative estimate of drug-likeness (QED) is 0.835. The van der Waals surface area contributed by atoms with Gasteiger partial charge in [0.1, 0.15) is 5.01 Å². The van der Waals surface area contributed by atoms with Gasteiger partial charge < -0.3 is 15.3 Å². The van der Waals surface area contributed by atoms with Crippen LogP contribution in [0.1, 0.15) is 22.5 Å². The van der Waals surface area contributed by atoms with Crippen molar-refractivity contribution in [2.24, 2.45) is 0 Å². The average Bonchev–Trinajstić information content (AvgIpc) is 2.62. The molecule has 0 aliphatic heterocycles. The van der Waals surface area contributed by atoms with E-state index in [1.54, 1.807) is 16.2 Å². The van der Waals surface area contributed by atoms with Gasteiger partial charge in [-0.3, -0.25) is 0 Å². The second-order valence-corrected chi connectivity index (χ2v) is 5.00. The summed E-state index contributed by atoms with van der Waals surface area (Å²) in [7, 11) is 0. The number of urea groups is 1. The first-order valence-electron chi connectivity index (χ1n) is 5.65. The summed E-state index contributed by atoms with van der Waals surface area (Å²) >= 11 is 1.60. The van der Waals surface area contributed by atoms with Gasteiger partial charge in [0.2, 0.25) is 0 Å². The molecule has 1 aromatic rings. The van der Waals surface area contributed by atoms with Crippen molar-refractivity contribution in [1.29, 1.82) is 0 Å². The van der Waals surface area contributed by atoms with Gasteiger partial charge in [-0.1, -0.05) is 0 Å². The molecule has 6 heteroatoms. The predicted octanol–water partition coefficient (Wildman–Crippen LogP) is 1.28. The Bertz CT molecular complexity index is 359. The molecule has 0 aliphatic rings. The topological polar surface area (TPSA) is 65.5 Å². The third-order valence-electron chi connectivity index (χ3n) is 2.50. The van der Waals surface area contributed by atoms with Gasteiger partial charge in [0.25, 0.3) is 0 Å². The Morgan fingerprint density at radius 1 is 1.53 bits per heavy atom. The smallest absolute Gasteiger partial charge is 0.317 e. The Hall–Kier alpha value is -1.14. The van der Waals surface area contributed by atoms with Gasteiger partial charge in [0, 0.05) is 18.0 Å². The zero-order valence-corrected chi connectivity index (χ0v) is 11.3. The Balaban J connectivity index is 2.47. The molecule has 96 valence electrons. The number of aryl methyl sites for hydroxylation is 2. The second-order valence-electron chi connectivity index (χ2n) is 3.71. The molecule has 2 N–H and O–H groups in total. The first-order valence-corrected chi connectivity index (χ1v) is 6.46. The summed E-state index contributed by atoms with van der Waals surface area (Å²) in [6.45, 7) is 7.23. The van der Waals surface area contributed by atoms with Crippen LogP contribution in [-0.2, 0) is 6.54 Å². The number of aliphatic hydroxyl groups is 1. The van der Waals surface area contributed by atoms with Crippen LogP contribution in [0.5, 0.6) is 0 Å². The number of carbonyl (C=O) groups excluding carboxylic acids is 1. The number of aliphatic hydroxyl groups excluding tert-OH is 1. The Kier molecular flexibility index (Phi) is 5.37. The van der Waals surface area contributed by atoms with Crippen LogP contribution >= 0.6 is 11.3 Å². The number of thiazole rings is 1. The SMILES string of the molecule is CCN(CCO)C(=O)NCc1nc(C)c(C)s1. The maximum atomic E-state index is 11.7. The van der Waals surface area contributed by atoms with Crippen LogP contribution in [0.4, 0.5) is 4.79 Å². The molecule has 1 heterocycles. The summed E-state index contributed by atoms with van der Waals surface area (Å²) in [4.78, 5) is 18.8. The lowest BCUT2D eigenvalue weighted by Gasteiger charge is -2.19. The molecule has 0 unspecified atom stereocenters. The summed E-state index contributed by atoms with van der Waals surface area (Å²) in [6, 6.07) is -0.160.